The molecule has 0 radical (unpaired) electrons. The van der Waals surface area contributed by atoms with Gasteiger partial charge in [0.15, 0.2) is 0 Å². The third-order valence-corrected chi connectivity index (χ3v) is 3.62. The van der Waals surface area contributed by atoms with Gasteiger partial charge in [0.25, 0.3) is 0 Å². The highest BCUT2D eigenvalue weighted by atomic mass is 16.3. The number of rotatable bonds is 3. The Labute approximate surface area is 115 Å². The molecule has 0 aliphatic heterocycles. The van der Waals surface area contributed by atoms with Gasteiger partial charge in [-0.2, -0.15) is 0 Å². The SMILES string of the molecule is Cc1ccc(C(C)Nc2ccc(C)c(O)c2)cc1C. The number of aryl methyl sites for hydroxylation is 3. The van der Waals surface area contributed by atoms with E-state index < -0.39 is 0 Å². The summed E-state index contributed by atoms with van der Waals surface area (Å²) in [6.07, 6.45) is 0. The van der Waals surface area contributed by atoms with Crippen molar-refractivity contribution in [3.8, 4) is 5.75 Å². The van der Waals surface area contributed by atoms with Gasteiger partial charge in [0.1, 0.15) is 5.75 Å². The summed E-state index contributed by atoms with van der Waals surface area (Å²) in [4.78, 5) is 0. The van der Waals surface area contributed by atoms with E-state index >= 15 is 0 Å². The van der Waals surface area contributed by atoms with E-state index in [2.05, 4.69) is 44.3 Å². The first kappa shape index (κ1) is 13.5. The summed E-state index contributed by atoms with van der Waals surface area (Å²) in [5.41, 5.74) is 5.70. The van der Waals surface area contributed by atoms with Gasteiger partial charge in [0, 0.05) is 17.8 Å². The zero-order valence-corrected chi connectivity index (χ0v) is 12.0. The number of anilines is 1. The highest BCUT2D eigenvalue weighted by Crippen LogP contribution is 2.25. The Hall–Kier alpha value is -1.96. The molecule has 2 aromatic rings. The summed E-state index contributed by atoms with van der Waals surface area (Å²) in [6.45, 7) is 8.27. The monoisotopic (exact) mass is 255 g/mol. The highest BCUT2D eigenvalue weighted by molar-refractivity contribution is 5.52. The van der Waals surface area contributed by atoms with Crippen LogP contribution in [0.3, 0.4) is 0 Å². The van der Waals surface area contributed by atoms with Crippen molar-refractivity contribution in [3.63, 3.8) is 0 Å². The van der Waals surface area contributed by atoms with Gasteiger partial charge >= 0.3 is 0 Å². The Morgan fingerprint density at radius 1 is 0.895 bits per heavy atom. The summed E-state index contributed by atoms with van der Waals surface area (Å²) in [6, 6.07) is 12.4. The summed E-state index contributed by atoms with van der Waals surface area (Å²) in [5, 5.41) is 13.1. The predicted octanol–water partition coefficient (Wildman–Crippen LogP) is 4.49. The molecule has 1 atom stereocenters. The van der Waals surface area contributed by atoms with E-state index in [-0.39, 0.29) is 6.04 Å². The zero-order valence-electron chi connectivity index (χ0n) is 12.0. The maximum atomic E-state index is 9.72. The smallest absolute Gasteiger partial charge is 0.120 e. The van der Waals surface area contributed by atoms with Crippen LogP contribution in [0, 0.1) is 20.8 Å². The van der Waals surface area contributed by atoms with E-state index in [0.717, 1.165) is 11.3 Å². The predicted molar refractivity (Wildman–Crippen MR) is 80.8 cm³/mol. The number of hydrogen-bond donors (Lipinski definition) is 2. The van der Waals surface area contributed by atoms with Crippen LogP contribution in [-0.4, -0.2) is 5.11 Å². The van der Waals surface area contributed by atoms with Crippen molar-refractivity contribution in [3.05, 3.63) is 58.7 Å². The molecule has 0 heterocycles. The second-order valence-corrected chi connectivity index (χ2v) is 5.21. The number of aromatic hydroxyl groups is 1. The minimum absolute atomic E-state index is 0.210. The zero-order chi connectivity index (χ0) is 14.0. The van der Waals surface area contributed by atoms with Gasteiger partial charge in [-0.25, -0.2) is 0 Å². The lowest BCUT2D eigenvalue weighted by Crippen LogP contribution is -2.07. The quantitative estimate of drug-likeness (QED) is 0.847. The third-order valence-electron chi connectivity index (χ3n) is 3.62. The molecule has 19 heavy (non-hydrogen) atoms. The molecule has 2 rings (SSSR count). The summed E-state index contributed by atoms with van der Waals surface area (Å²) >= 11 is 0. The van der Waals surface area contributed by atoms with Crippen LogP contribution >= 0.6 is 0 Å². The Balaban J connectivity index is 2.17. The molecule has 0 amide bonds. The van der Waals surface area contributed by atoms with E-state index in [1.54, 1.807) is 6.07 Å². The van der Waals surface area contributed by atoms with E-state index in [9.17, 15) is 5.11 Å². The van der Waals surface area contributed by atoms with E-state index in [1.807, 2.05) is 19.1 Å². The molecular weight excluding hydrogens is 234 g/mol. The van der Waals surface area contributed by atoms with Crippen LogP contribution in [0.15, 0.2) is 36.4 Å². The first-order valence-corrected chi connectivity index (χ1v) is 6.60. The van der Waals surface area contributed by atoms with Crippen molar-refractivity contribution in [2.24, 2.45) is 0 Å². The van der Waals surface area contributed by atoms with Crippen molar-refractivity contribution < 1.29 is 5.11 Å². The van der Waals surface area contributed by atoms with Crippen LogP contribution in [0.1, 0.15) is 35.2 Å². The Morgan fingerprint density at radius 2 is 1.58 bits per heavy atom. The average molecular weight is 255 g/mol. The van der Waals surface area contributed by atoms with Crippen LogP contribution in [0.25, 0.3) is 0 Å². The van der Waals surface area contributed by atoms with Crippen molar-refractivity contribution in [1.82, 2.24) is 0 Å². The number of phenolic OH excluding ortho intramolecular Hbond substituents is 1. The largest absolute Gasteiger partial charge is 0.508 e. The summed E-state index contributed by atoms with van der Waals surface area (Å²) < 4.78 is 0. The molecule has 0 saturated carbocycles. The molecule has 0 spiro atoms. The molecular formula is C17H21NO. The number of nitrogens with one attached hydrogen (secondary N) is 1. The van der Waals surface area contributed by atoms with Crippen LogP contribution in [-0.2, 0) is 0 Å². The molecule has 1 unspecified atom stereocenters. The second-order valence-electron chi connectivity index (χ2n) is 5.21. The highest BCUT2D eigenvalue weighted by Gasteiger charge is 2.07. The van der Waals surface area contributed by atoms with Gasteiger partial charge in [0.05, 0.1) is 0 Å². The Morgan fingerprint density at radius 3 is 2.21 bits per heavy atom. The fourth-order valence-corrected chi connectivity index (χ4v) is 2.07. The first-order valence-electron chi connectivity index (χ1n) is 6.60. The lowest BCUT2D eigenvalue weighted by Gasteiger charge is -2.17. The molecule has 100 valence electrons. The van der Waals surface area contributed by atoms with Crippen LogP contribution < -0.4 is 5.32 Å². The van der Waals surface area contributed by atoms with E-state index in [4.69, 9.17) is 0 Å². The Bertz CT molecular complexity index is 590. The number of phenols is 1. The average Bonchev–Trinajstić information content (AvgIpc) is 2.37. The fraction of sp³-hybridized carbons (Fsp3) is 0.294. The van der Waals surface area contributed by atoms with E-state index in [1.165, 1.54) is 16.7 Å². The number of benzene rings is 2. The van der Waals surface area contributed by atoms with Crippen molar-refractivity contribution in [1.29, 1.82) is 0 Å². The molecule has 2 N–H and O–H groups in total. The molecule has 2 nitrogen and oxygen atoms in total. The second kappa shape index (κ2) is 5.35. The van der Waals surface area contributed by atoms with Gasteiger partial charge in [-0.1, -0.05) is 24.3 Å². The van der Waals surface area contributed by atoms with Gasteiger partial charge in [-0.3, -0.25) is 0 Å². The van der Waals surface area contributed by atoms with Crippen molar-refractivity contribution in [2.45, 2.75) is 33.7 Å². The molecule has 0 aliphatic rings. The normalized spacial score (nSPS) is 12.2. The van der Waals surface area contributed by atoms with E-state index in [0.29, 0.717) is 5.75 Å². The third kappa shape index (κ3) is 3.08. The minimum Gasteiger partial charge on any atom is -0.508 e. The molecule has 2 heteroatoms. The minimum atomic E-state index is 0.210. The summed E-state index contributed by atoms with van der Waals surface area (Å²) in [7, 11) is 0. The summed E-state index contributed by atoms with van der Waals surface area (Å²) in [5.74, 6) is 0.331. The molecule has 0 aliphatic carbocycles. The maximum absolute atomic E-state index is 9.72. The molecule has 0 fully saturated rings. The Kier molecular flexibility index (Phi) is 3.79. The lowest BCUT2D eigenvalue weighted by atomic mass is 10.0. The van der Waals surface area contributed by atoms with Gasteiger partial charge in [-0.05, 0) is 56.0 Å². The first-order chi connectivity index (χ1) is 8.97. The molecule has 2 aromatic carbocycles. The van der Waals surface area contributed by atoms with Gasteiger partial charge in [0.2, 0.25) is 0 Å². The topological polar surface area (TPSA) is 32.3 Å². The van der Waals surface area contributed by atoms with Gasteiger partial charge in [-0.15, -0.1) is 0 Å². The lowest BCUT2D eigenvalue weighted by molar-refractivity contribution is 0.471. The molecule has 0 bridgehead atoms. The maximum Gasteiger partial charge on any atom is 0.120 e. The van der Waals surface area contributed by atoms with Crippen molar-refractivity contribution >= 4 is 5.69 Å². The standard InChI is InChI=1S/C17H21NO/c1-11-5-7-15(9-13(11)3)14(4)18-16-8-6-12(2)17(19)10-16/h5-10,14,18-19H,1-4H3. The fourth-order valence-electron chi connectivity index (χ4n) is 2.07. The van der Waals surface area contributed by atoms with Crippen LogP contribution in [0.2, 0.25) is 0 Å². The van der Waals surface area contributed by atoms with Crippen LogP contribution in [0.4, 0.5) is 5.69 Å². The van der Waals surface area contributed by atoms with Crippen LogP contribution in [0.5, 0.6) is 5.75 Å². The molecule has 0 saturated heterocycles. The van der Waals surface area contributed by atoms with Gasteiger partial charge < -0.3 is 10.4 Å². The number of hydrogen-bond acceptors (Lipinski definition) is 2. The van der Waals surface area contributed by atoms with Crippen molar-refractivity contribution in [2.75, 3.05) is 5.32 Å². The molecule has 0 aromatic heterocycles.